The van der Waals surface area contributed by atoms with E-state index in [0.29, 0.717) is 0 Å². The number of hydrogen-bond donors (Lipinski definition) is 0. The molecule has 244 valence electrons. The van der Waals surface area contributed by atoms with Crippen LogP contribution in [0.5, 0.6) is 0 Å². The van der Waals surface area contributed by atoms with Gasteiger partial charge in [-0.2, -0.15) is 0 Å². The number of nitrogens with zero attached hydrogens (tertiary/aromatic N) is 2. The van der Waals surface area contributed by atoms with E-state index in [1.807, 2.05) is 0 Å². The molecule has 9 rings (SSSR count). The van der Waals surface area contributed by atoms with Crippen molar-refractivity contribution >= 4 is 38.8 Å². The molecule has 6 aromatic carbocycles. The van der Waals surface area contributed by atoms with Crippen LogP contribution in [-0.2, 0) is 17.3 Å². The van der Waals surface area contributed by atoms with Crippen molar-refractivity contribution in [2.75, 3.05) is 0 Å². The van der Waals surface area contributed by atoms with Crippen molar-refractivity contribution in [3.8, 4) is 11.4 Å². The Morgan fingerprint density at radius 3 is 1.28 bits per heavy atom. The topological polar surface area (TPSA) is 9.86 Å². The fourth-order valence-electron chi connectivity index (χ4n) is 8.36. The zero-order valence-corrected chi connectivity index (χ0v) is 29.3. The van der Waals surface area contributed by atoms with E-state index in [2.05, 4.69) is 195 Å². The van der Waals surface area contributed by atoms with Gasteiger partial charge < -0.3 is 9.13 Å². The van der Waals surface area contributed by atoms with Crippen LogP contribution in [-0.4, -0.2) is 9.13 Å². The first-order chi connectivity index (χ1) is 24.3. The minimum atomic E-state index is -0.141. The van der Waals surface area contributed by atoms with Crippen molar-refractivity contribution in [3.05, 3.63) is 185 Å². The Hall–Kier alpha value is -5.60. The summed E-state index contributed by atoms with van der Waals surface area (Å²) in [5, 5.41) is 3.92. The molecular weight excluding hydrogens is 605 g/mol. The van der Waals surface area contributed by atoms with E-state index in [0.717, 1.165) is 12.8 Å². The smallest absolute Gasteiger partial charge is 0.0541 e. The fourth-order valence-corrected chi connectivity index (χ4v) is 8.36. The molecule has 1 aliphatic rings. The van der Waals surface area contributed by atoms with E-state index in [-0.39, 0.29) is 10.8 Å². The summed E-state index contributed by atoms with van der Waals surface area (Å²) in [6.07, 6.45) is 6.78. The molecule has 2 aromatic heterocycles. The van der Waals surface area contributed by atoms with Gasteiger partial charge in [0.1, 0.15) is 0 Å². The maximum absolute atomic E-state index is 2.47. The minimum Gasteiger partial charge on any atom is -0.313 e. The van der Waals surface area contributed by atoms with Crippen LogP contribution in [0.2, 0.25) is 0 Å². The lowest BCUT2D eigenvalue weighted by Crippen LogP contribution is -2.21. The molecule has 0 atom stereocenters. The van der Waals surface area contributed by atoms with Crippen LogP contribution in [0.4, 0.5) is 0 Å². The number of aromatic nitrogens is 2. The summed E-state index contributed by atoms with van der Waals surface area (Å²) in [5.41, 5.74) is 14.0. The van der Waals surface area contributed by atoms with Crippen LogP contribution >= 0.6 is 0 Å². The van der Waals surface area contributed by atoms with Gasteiger partial charge >= 0.3 is 0 Å². The van der Waals surface area contributed by atoms with E-state index in [1.165, 1.54) is 77.6 Å². The van der Waals surface area contributed by atoms with Crippen molar-refractivity contribution < 1.29 is 0 Å². The zero-order chi connectivity index (χ0) is 34.0. The molecule has 2 heterocycles. The second kappa shape index (κ2) is 11.5. The van der Waals surface area contributed by atoms with Crippen LogP contribution < -0.4 is 0 Å². The number of rotatable bonds is 6. The first kappa shape index (κ1) is 30.5. The summed E-state index contributed by atoms with van der Waals surface area (Å²) in [7, 11) is 0. The predicted molar refractivity (Wildman–Crippen MR) is 212 cm³/mol. The molecule has 1 aliphatic carbocycles. The van der Waals surface area contributed by atoms with E-state index >= 15 is 0 Å². The normalized spacial score (nSPS) is 13.4. The average molecular weight is 647 g/mol. The SMILES string of the molecule is CC(C)(c1ccc(-n2c3c(c4ccccc42)C=CCC3)cc1)c1ccc(C(C)(C)c2ccc(-n3c4ccccc4c4ccccc43)cc2)cc1. The highest BCUT2D eigenvalue weighted by atomic mass is 15.0. The molecule has 0 amide bonds. The number of fused-ring (bicyclic) bond motifs is 6. The summed E-state index contributed by atoms with van der Waals surface area (Å²) in [6, 6.07) is 54.0. The van der Waals surface area contributed by atoms with Gasteiger partial charge in [-0.1, -0.05) is 143 Å². The minimum absolute atomic E-state index is 0.133. The zero-order valence-electron chi connectivity index (χ0n) is 29.3. The Bertz CT molecular complexity index is 2500. The van der Waals surface area contributed by atoms with Gasteiger partial charge in [0.05, 0.1) is 16.6 Å². The molecule has 50 heavy (non-hydrogen) atoms. The lowest BCUT2D eigenvalue weighted by Gasteiger charge is -2.30. The largest absolute Gasteiger partial charge is 0.313 e. The second-order valence-electron chi connectivity index (χ2n) is 14.9. The van der Waals surface area contributed by atoms with Crippen molar-refractivity contribution in [2.45, 2.75) is 51.4 Å². The quantitative estimate of drug-likeness (QED) is 0.170. The average Bonchev–Trinajstić information content (AvgIpc) is 3.68. The van der Waals surface area contributed by atoms with Gasteiger partial charge in [-0.3, -0.25) is 0 Å². The van der Waals surface area contributed by atoms with Crippen LogP contribution in [0.15, 0.2) is 152 Å². The molecule has 0 N–H and O–H groups in total. The third-order valence-corrected chi connectivity index (χ3v) is 11.5. The summed E-state index contributed by atoms with van der Waals surface area (Å²) >= 11 is 0. The number of hydrogen-bond acceptors (Lipinski definition) is 0. The molecule has 0 fully saturated rings. The highest BCUT2D eigenvalue weighted by Crippen LogP contribution is 2.39. The molecule has 8 aromatic rings. The molecule has 0 saturated carbocycles. The van der Waals surface area contributed by atoms with Gasteiger partial charge in [0.25, 0.3) is 0 Å². The summed E-state index contributed by atoms with van der Waals surface area (Å²) in [4.78, 5) is 0. The molecule has 0 radical (unpaired) electrons. The van der Waals surface area contributed by atoms with Gasteiger partial charge in [-0.05, 0) is 77.6 Å². The summed E-state index contributed by atoms with van der Waals surface area (Å²) < 4.78 is 4.86. The highest BCUT2D eigenvalue weighted by molar-refractivity contribution is 6.09. The Labute approximate surface area is 294 Å². The molecule has 0 bridgehead atoms. The lowest BCUT2D eigenvalue weighted by atomic mass is 9.74. The van der Waals surface area contributed by atoms with Crippen LogP contribution in [0.3, 0.4) is 0 Å². The van der Waals surface area contributed by atoms with Crippen molar-refractivity contribution in [1.29, 1.82) is 0 Å². The molecular formula is C48H42N2. The Morgan fingerprint density at radius 2 is 0.800 bits per heavy atom. The highest BCUT2D eigenvalue weighted by Gasteiger charge is 2.27. The van der Waals surface area contributed by atoms with Crippen LogP contribution in [0.1, 0.15) is 67.6 Å². The van der Waals surface area contributed by atoms with Crippen LogP contribution in [0, 0.1) is 0 Å². The van der Waals surface area contributed by atoms with E-state index < -0.39 is 0 Å². The summed E-state index contributed by atoms with van der Waals surface area (Å²) in [6.45, 7) is 9.35. The van der Waals surface area contributed by atoms with Gasteiger partial charge in [0, 0.05) is 49.6 Å². The van der Waals surface area contributed by atoms with Crippen molar-refractivity contribution in [2.24, 2.45) is 0 Å². The summed E-state index contributed by atoms with van der Waals surface area (Å²) in [5.74, 6) is 0. The lowest BCUT2D eigenvalue weighted by molar-refractivity contribution is 0.626. The Morgan fingerprint density at radius 1 is 0.420 bits per heavy atom. The monoisotopic (exact) mass is 646 g/mol. The van der Waals surface area contributed by atoms with E-state index in [9.17, 15) is 0 Å². The van der Waals surface area contributed by atoms with E-state index in [1.54, 1.807) is 0 Å². The van der Waals surface area contributed by atoms with Crippen molar-refractivity contribution in [3.63, 3.8) is 0 Å². The van der Waals surface area contributed by atoms with Gasteiger partial charge in [0.15, 0.2) is 0 Å². The third kappa shape index (κ3) is 4.70. The molecule has 0 saturated heterocycles. The van der Waals surface area contributed by atoms with Crippen molar-refractivity contribution in [1.82, 2.24) is 9.13 Å². The number of benzene rings is 6. The Kier molecular flexibility index (Phi) is 7.00. The number of allylic oxidation sites excluding steroid dienone is 1. The molecule has 2 heteroatoms. The van der Waals surface area contributed by atoms with Gasteiger partial charge in [0.2, 0.25) is 0 Å². The molecule has 0 aliphatic heterocycles. The second-order valence-corrected chi connectivity index (χ2v) is 14.9. The molecule has 2 nitrogen and oxygen atoms in total. The van der Waals surface area contributed by atoms with E-state index in [4.69, 9.17) is 0 Å². The van der Waals surface area contributed by atoms with Gasteiger partial charge in [-0.25, -0.2) is 0 Å². The first-order valence-electron chi connectivity index (χ1n) is 17.9. The first-order valence-corrected chi connectivity index (χ1v) is 17.9. The predicted octanol–water partition coefficient (Wildman–Crippen LogP) is 12.3. The molecule has 0 spiro atoms. The standard InChI is InChI=1S/C48H42N2/c1-47(2,35-25-29-37(30-26-35)49-43-17-9-5-13-39(43)40-14-6-10-18-44(40)49)33-21-23-34(24-22-33)48(3,4)36-27-31-38(32-28-36)50-45-19-11-7-15-41(45)42-16-8-12-20-46(42)50/h5-11,13-19,21-32H,12,20H2,1-4H3. The molecule has 0 unspecified atom stereocenters. The fraction of sp³-hybridized carbons (Fsp3) is 0.167. The third-order valence-electron chi connectivity index (χ3n) is 11.5. The Balaban J connectivity index is 0.991. The maximum Gasteiger partial charge on any atom is 0.0541 e. The maximum atomic E-state index is 2.47. The van der Waals surface area contributed by atoms with Gasteiger partial charge in [-0.15, -0.1) is 0 Å². The number of para-hydroxylation sites is 3. The van der Waals surface area contributed by atoms with Crippen LogP contribution in [0.25, 0.3) is 50.2 Å².